The van der Waals surface area contributed by atoms with Crippen LogP contribution in [-0.4, -0.2) is 18.6 Å². The van der Waals surface area contributed by atoms with Crippen LogP contribution in [-0.2, 0) is 9.53 Å². The highest BCUT2D eigenvalue weighted by Gasteiger charge is 2.07. The van der Waals surface area contributed by atoms with Gasteiger partial charge in [-0.1, -0.05) is 19.1 Å². The fourth-order valence-corrected chi connectivity index (χ4v) is 1.37. The first-order valence-electron chi connectivity index (χ1n) is 6.08. The van der Waals surface area contributed by atoms with E-state index in [2.05, 4.69) is 5.32 Å². The van der Waals surface area contributed by atoms with Crippen LogP contribution < -0.4 is 5.32 Å². The van der Waals surface area contributed by atoms with E-state index in [1.807, 2.05) is 19.9 Å². The Bertz CT molecular complexity index is 438. The maximum atomic E-state index is 11.6. The maximum Gasteiger partial charge on any atom is 0.226 e. The van der Waals surface area contributed by atoms with E-state index in [4.69, 9.17) is 10.00 Å². The third-order valence-electron chi connectivity index (χ3n) is 2.63. The zero-order valence-electron chi connectivity index (χ0n) is 10.8. The first kappa shape index (κ1) is 14.2. The van der Waals surface area contributed by atoms with Crippen molar-refractivity contribution in [1.29, 1.82) is 5.26 Å². The summed E-state index contributed by atoms with van der Waals surface area (Å²) >= 11 is 0. The fraction of sp³-hybridized carbons (Fsp3) is 0.429. The number of ether oxygens (including phenoxy) is 1. The summed E-state index contributed by atoms with van der Waals surface area (Å²) < 4.78 is 5.43. The summed E-state index contributed by atoms with van der Waals surface area (Å²) in [7, 11) is 0. The SMILES string of the molecule is CCC(C)OCCC(=O)Nc1ccccc1C#N. The molecule has 0 saturated heterocycles. The molecule has 1 amide bonds. The van der Waals surface area contributed by atoms with Crippen molar-refractivity contribution in [3.8, 4) is 6.07 Å². The quantitative estimate of drug-likeness (QED) is 0.839. The average Bonchev–Trinajstić information content (AvgIpc) is 2.39. The molecule has 0 aromatic heterocycles. The minimum absolute atomic E-state index is 0.138. The number of nitrogens with zero attached hydrogens (tertiary/aromatic N) is 1. The molecule has 0 heterocycles. The highest BCUT2D eigenvalue weighted by Crippen LogP contribution is 2.13. The monoisotopic (exact) mass is 246 g/mol. The largest absolute Gasteiger partial charge is 0.378 e. The predicted molar refractivity (Wildman–Crippen MR) is 70.1 cm³/mol. The van der Waals surface area contributed by atoms with Crippen LogP contribution in [0, 0.1) is 11.3 Å². The standard InChI is InChI=1S/C14H18N2O2/c1-3-11(2)18-9-8-14(17)16-13-7-5-4-6-12(13)10-15/h4-7,11H,3,8-9H2,1-2H3,(H,16,17). The zero-order chi connectivity index (χ0) is 13.4. The molecule has 1 atom stereocenters. The molecule has 1 aromatic carbocycles. The van der Waals surface area contributed by atoms with Gasteiger partial charge in [0.05, 0.1) is 30.4 Å². The Morgan fingerprint density at radius 1 is 1.50 bits per heavy atom. The molecule has 4 nitrogen and oxygen atoms in total. The van der Waals surface area contributed by atoms with Gasteiger partial charge in [-0.25, -0.2) is 0 Å². The van der Waals surface area contributed by atoms with Crippen LogP contribution in [0.1, 0.15) is 32.3 Å². The fourth-order valence-electron chi connectivity index (χ4n) is 1.37. The van der Waals surface area contributed by atoms with E-state index in [0.29, 0.717) is 24.3 Å². The van der Waals surface area contributed by atoms with Crippen LogP contribution in [0.5, 0.6) is 0 Å². The van der Waals surface area contributed by atoms with Crippen molar-refractivity contribution in [2.75, 3.05) is 11.9 Å². The summed E-state index contributed by atoms with van der Waals surface area (Å²) in [4.78, 5) is 11.6. The molecule has 1 N–H and O–H groups in total. The molecular formula is C14H18N2O2. The molecule has 0 aliphatic heterocycles. The van der Waals surface area contributed by atoms with Gasteiger partial charge in [0.15, 0.2) is 0 Å². The number of carbonyl (C=O) groups is 1. The molecule has 1 unspecified atom stereocenters. The molecule has 18 heavy (non-hydrogen) atoms. The van der Waals surface area contributed by atoms with E-state index in [1.165, 1.54) is 0 Å². The summed E-state index contributed by atoms with van der Waals surface area (Å²) in [6.07, 6.45) is 1.40. The molecule has 1 rings (SSSR count). The molecule has 4 heteroatoms. The van der Waals surface area contributed by atoms with Gasteiger partial charge in [-0.2, -0.15) is 5.26 Å². The van der Waals surface area contributed by atoms with Crippen LogP contribution in [0.25, 0.3) is 0 Å². The van der Waals surface area contributed by atoms with Crippen molar-refractivity contribution >= 4 is 11.6 Å². The number of nitrogens with one attached hydrogen (secondary N) is 1. The van der Waals surface area contributed by atoms with Crippen LogP contribution in [0.15, 0.2) is 24.3 Å². The minimum atomic E-state index is -0.138. The number of anilines is 1. The molecule has 0 aliphatic carbocycles. The molecule has 0 bridgehead atoms. The summed E-state index contributed by atoms with van der Waals surface area (Å²) in [5.41, 5.74) is 1.02. The van der Waals surface area contributed by atoms with Crippen LogP contribution >= 0.6 is 0 Å². The normalized spacial score (nSPS) is 11.6. The zero-order valence-corrected chi connectivity index (χ0v) is 10.8. The van der Waals surface area contributed by atoms with Gasteiger partial charge in [0.1, 0.15) is 6.07 Å². The van der Waals surface area contributed by atoms with Crippen LogP contribution in [0.4, 0.5) is 5.69 Å². The van der Waals surface area contributed by atoms with E-state index >= 15 is 0 Å². The van der Waals surface area contributed by atoms with E-state index in [0.717, 1.165) is 6.42 Å². The van der Waals surface area contributed by atoms with E-state index < -0.39 is 0 Å². The first-order valence-corrected chi connectivity index (χ1v) is 6.08. The van der Waals surface area contributed by atoms with Crippen molar-refractivity contribution in [3.63, 3.8) is 0 Å². The summed E-state index contributed by atoms with van der Waals surface area (Å²) in [6, 6.07) is 8.97. The smallest absolute Gasteiger partial charge is 0.226 e. The molecular weight excluding hydrogens is 228 g/mol. The summed E-state index contributed by atoms with van der Waals surface area (Å²) in [6.45, 7) is 4.41. The molecule has 0 radical (unpaired) electrons. The Balaban J connectivity index is 2.43. The first-order chi connectivity index (χ1) is 8.67. The Morgan fingerprint density at radius 2 is 2.22 bits per heavy atom. The van der Waals surface area contributed by atoms with Crippen molar-refractivity contribution in [3.05, 3.63) is 29.8 Å². The minimum Gasteiger partial charge on any atom is -0.378 e. The highest BCUT2D eigenvalue weighted by atomic mass is 16.5. The molecule has 96 valence electrons. The van der Waals surface area contributed by atoms with Crippen LogP contribution in [0.3, 0.4) is 0 Å². The number of benzene rings is 1. The van der Waals surface area contributed by atoms with Gasteiger partial charge >= 0.3 is 0 Å². The lowest BCUT2D eigenvalue weighted by atomic mass is 10.2. The summed E-state index contributed by atoms with van der Waals surface area (Å²) in [5, 5.41) is 11.6. The Hall–Kier alpha value is -1.86. The number of amides is 1. The topological polar surface area (TPSA) is 62.1 Å². The number of carbonyl (C=O) groups excluding carboxylic acids is 1. The second-order valence-corrected chi connectivity index (χ2v) is 4.05. The number of para-hydroxylation sites is 1. The lowest BCUT2D eigenvalue weighted by molar-refractivity contribution is -0.117. The number of rotatable bonds is 6. The molecule has 0 saturated carbocycles. The van der Waals surface area contributed by atoms with Gasteiger partial charge < -0.3 is 10.1 Å². The van der Waals surface area contributed by atoms with Crippen LogP contribution in [0.2, 0.25) is 0 Å². The Morgan fingerprint density at radius 3 is 2.89 bits per heavy atom. The number of hydrogen-bond donors (Lipinski definition) is 1. The second kappa shape index (κ2) is 7.46. The van der Waals surface area contributed by atoms with Gasteiger partial charge in [-0.15, -0.1) is 0 Å². The number of hydrogen-bond acceptors (Lipinski definition) is 3. The third kappa shape index (κ3) is 4.56. The lowest BCUT2D eigenvalue weighted by Gasteiger charge is -2.10. The van der Waals surface area contributed by atoms with Crippen molar-refractivity contribution < 1.29 is 9.53 Å². The predicted octanol–water partition coefficient (Wildman–Crippen LogP) is 2.70. The van der Waals surface area contributed by atoms with E-state index in [1.54, 1.807) is 24.3 Å². The summed E-state index contributed by atoms with van der Waals surface area (Å²) in [5.74, 6) is -0.138. The van der Waals surface area contributed by atoms with Gasteiger partial charge in [-0.3, -0.25) is 4.79 Å². The average molecular weight is 246 g/mol. The molecule has 0 aliphatic rings. The molecule has 1 aromatic rings. The van der Waals surface area contributed by atoms with Crippen molar-refractivity contribution in [1.82, 2.24) is 0 Å². The van der Waals surface area contributed by atoms with Gasteiger partial charge in [0, 0.05) is 0 Å². The Labute approximate surface area is 108 Å². The van der Waals surface area contributed by atoms with Gasteiger partial charge in [0.25, 0.3) is 0 Å². The van der Waals surface area contributed by atoms with Crippen molar-refractivity contribution in [2.45, 2.75) is 32.8 Å². The third-order valence-corrected chi connectivity index (χ3v) is 2.63. The molecule has 0 spiro atoms. The Kier molecular flexibility index (Phi) is 5.89. The van der Waals surface area contributed by atoms with Crippen molar-refractivity contribution in [2.24, 2.45) is 0 Å². The number of nitriles is 1. The maximum absolute atomic E-state index is 11.6. The van der Waals surface area contributed by atoms with E-state index in [-0.39, 0.29) is 12.0 Å². The lowest BCUT2D eigenvalue weighted by Crippen LogP contribution is -2.17. The second-order valence-electron chi connectivity index (χ2n) is 4.05. The van der Waals surface area contributed by atoms with E-state index in [9.17, 15) is 4.79 Å². The molecule has 0 fully saturated rings. The van der Waals surface area contributed by atoms with Gasteiger partial charge in [0.2, 0.25) is 5.91 Å². The highest BCUT2D eigenvalue weighted by molar-refractivity contribution is 5.92. The van der Waals surface area contributed by atoms with Gasteiger partial charge in [-0.05, 0) is 25.5 Å².